The van der Waals surface area contributed by atoms with Crippen molar-refractivity contribution in [3.63, 3.8) is 0 Å². The van der Waals surface area contributed by atoms with Gasteiger partial charge in [0.15, 0.2) is 0 Å². The Hall–Kier alpha value is -2.68. The molecule has 5 rings (SSSR count). The van der Waals surface area contributed by atoms with E-state index in [9.17, 15) is 9.59 Å². The molecule has 2 aliphatic heterocycles. The van der Waals surface area contributed by atoms with Crippen molar-refractivity contribution in [3.05, 3.63) is 79.6 Å². The maximum atomic E-state index is 13.8. The maximum Gasteiger partial charge on any atom is 0.267 e. The molecule has 1 amide bonds. The molecule has 1 aromatic carbocycles. The SMILES string of the molecule is CCC1CCCCN1c1nc2c(C)cccn2c(=O)c1/C=C1/SC(=S)N(Cc2ccccc2Cl)C1=O. The summed E-state index contributed by atoms with van der Waals surface area (Å²) in [6.07, 6.45) is 7.65. The maximum absolute atomic E-state index is 13.8. The van der Waals surface area contributed by atoms with E-state index < -0.39 is 0 Å². The second-order valence-electron chi connectivity index (χ2n) is 9.15. The number of benzene rings is 1. The van der Waals surface area contributed by atoms with Crippen LogP contribution in [0.5, 0.6) is 0 Å². The summed E-state index contributed by atoms with van der Waals surface area (Å²) in [6.45, 7) is 5.24. The molecule has 0 spiro atoms. The first kappa shape index (κ1) is 25.0. The van der Waals surface area contributed by atoms with Gasteiger partial charge in [0.2, 0.25) is 0 Å². The van der Waals surface area contributed by atoms with Gasteiger partial charge >= 0.3 is 0 Å². The van der Waals surface area contributed by atoms with E-state index in [1.165, 1.54) is 11.8 Å². The first-order chi connectivity index (χ1) is 17.4. The number of hydrogen-bond donors (Lipinski definition) is 0. The standard InChI is InChI=1S/C27H27ClN4O2S2/c1-3-19-11-6-7-13-30(19)24-20(25(33)31-14-8-9-17(2)23(31)29-24)15-22-26(34)32(27(35)36-22)16-18-10-4-5-12-21(18)28/h4-5,8-10,12,14-15,19H,3,6-7,11,13,16H2,1-2H3/b22-15+. The predicted octanol–water partition coefficient (Wildman–Crippen LogP) is 5.83. The van der Waals surface area contributed by atoms with Crippen molar-refractivity contribution in [1.29, 1.82) is 0 Å². The van der Waals surface area contributed by atoms with Crippen LogP contribution in [0, 0.1) is 6.92 Å². The lowest BCUT2D eigenvalue weighted by Gasteiger charge is -2.37. The van der Waals surface area contributed by atoms with Crippen LogP contribution in [0.15, 0.2) is 52.3 Å². The Balaban J connectivity index is 1.61. The number of piperidine rings is 1. The van der Waals surface area contributed by atoms with Gasteiger partial charge in [-0.15, -0.1) is 0 Å². The average molecular weight is 539 g/mol. The fraction of sp³-hybridized carbons (Fsp3) is 0.333. The zero-order chi connectivity index (χ0) is 25.4. The molecule has 6 nitrogen and oxygen atoms in total. The number of aromatic nitrogens is 2. The molecule has 0 N–H and O–H groups in total. The van der Waals surface area contributed by atoms with Crippen molar-refractivity contribution in [3.8, 4) is 0 Å². The zero-order valence-electron chi connectivity index (χ0n) is 20.2. The molecule has 9 heteroatoms. The number of carbonyl (C=O) groups is 1. The summed E-state index contributed by atoms with van der Waals surface area (Å²) in [7, 11) is 0. The topological polar surface area (TPSA) is 57.9 Å². The summed E-state index contributed by atoms with van der Waals surface area (Å²) in [5.41, 5.74) is 2.63. The quantitative estimate of drug-likeness (QED) is 0.301. The van der Waals surface area contributed by atoms with Crippen LogP contribution >= 0.6 is 35.6 Å². The van der Waals surface area contributed by atoms with Crippen molar-refractivity contribution in [1.82, 2.24) is 14.3 Å². The molecule has 0 bridgehead atoms. The second kappa shape index (κ2) is 10.4. The molecule has 2 aromatic heterocycles. The lowest BCUT2D eigenvalue weighted by Crippen LogP contribution is -2.41. The number of fused-ring (bicyclic) bond motifs is 1. The number of hydrogen-bond acceptors (Lipinski definition) is 6. The van der Waals surface area contributed by atoms with Crippen LogP contribution in [0.2, 0.25) is 5.02 Å². The number of pyridine rings is 1. The molecular weight excluding hydrogens is 512 g/mol. The smallest absolute Gasteiger partial charge is 0.267 e. The third-order valence-electron chi connectivity index (χ3n) is 6.87. The van der Waals surface area contributed by atoms with Crippen molar-refractivity contribution < 1.29 is 4.79 Å². The Bertz CT molecular complexity index is 1450. The van der Waals surface area contributed by atoms with E-state index in [2.05, 4.69) is 11.8 Å². The highest BCUT2D eigenvalue weighted by Crippen LogP contribution is 2.36. The van der Waals surface area contributed by atoms with Crippen LogP contribution in [0.25, 0.3) is 11.7 Å². The number of aryl methyl sites for hydroxylation is 1. The van der Waals surface area contributed by atoms with Gasteiger partial charge in [-0.2, -0.15) is 0 Å². The van der Waals surface area contributed by atoms with Gasteiger partial charge in [-0.05, 0) is 61.9 Å². The molecule has 3 aromatic rings. The first-order valence-electron chi connectivity index (χ1n) is 12.2. The van der Waals surface area contributed by atoms with E-state index in [-0.39, 0.29) is 18.0 Å². The first-order valence-corrected chi connectivity index (χ1v) is 13.8. The monoisotopic (exact) mass is 538 g/mol. The van der Waals surface area contributed by atoms with Gasteiger partial charge < -0.3 is 4.90 Å². The van der Waals surface area contributed by atoms with Gasteiger partial charge in [0.1, 0.15) is 15.8 Å². The van der Waals surface area contributed by atoms with E-state index in [0.29, 0.717) is 37.3 Å². The van der Waals surface area contributed by atoms with Gasteiger partial charge in [0.25, 0.3) is 11.5 Å². The molecule has 2 aliphatic rings. The lowest BCUT2D eigenvalue weighted by atomic mass is 9.99. The fourth-order valence-corrected chi connectivity index (χ4v) is 6.35. The van der Waals surface area contributed by atoms with Gasteiger partial charge in [-0.3, -0.25) is 18.9 Å². The largest absolute Gasteiger partial charge is 0.353 e. The Kier molecular flexibility index (Phi) is 7.19. The molecule has 0 radical (unpaired) electrons. The summed E-state index contributed by atoms with van der Waals surface area (Å²) < 4.78 is 2.02. The van der Waals surface area contributed by atoms with Crippen LogP contribution in [0.1, 0.15) is 49.3 Å². The van der Waals surface area contributed by atoms with E-state index in [4.69, 9.17) is 28.8 Å². The summed E-state index contributed by atoms with van der Waals surface area (Å²) >= 11 is 13.1. The third-order valence-corrected chi connectivity index (χ3v) is 8.62. The minimum absolute atomic E-state index is 0.185. The second-order valence-corrected chi connectivity index (χ2v) is 11.2. The fourth-order valence-electron chi connectivity index (χ4n) is 4.91. The Morgan fingerprint density at radius 3 is 2.78 bits per heavy atom. The number of halogens is 1. The zero-order valence-corrected chi connectivity index (χ0v) is 22.6. The van der Waals surface area contributed by atoms with E-state index >= 15 is 0 Å². The molecule has 2 saturated heterocycles. The van der Waals surface area contributed by atoms with E-state index in [1.807, 2.05) is 37.3 Å². The molecule has 2 fully saturated rings. The highest BCUT2D eigenvalue weighted by molar-refractivity contribution is 8.26. The minimum atomic E-state index is -0.227. The van der Waals surface area contributed by atoms with Gasteiger partial charge in [0, 0.05) is 23.8 Å². The number of thiocarbonyl (C=S) groups is 1. The summed E-state index contributed by atoms with van der Waals surface area (Å²) in [5, 5.41) is 0.584. The minimum Gasteiger partial charge on any atom is -0.353 e. The highest BCUT2D eigenvalue weighted by Gasteiger charge is 2.34. The normalized spacial score (nSPS) is 19.6. The van der Waals surface area contributed by atoms with Gasteiger partial charge in [-0.25, -0.2) is 4.98 Å². The number of anilines is 1. The third kappa shape index (κ3) is 4.58. The summed E-state index contributed by atoms with van der Waals surface area (Å²) in [6, 6.07) is 11.5. The average Bonchev–Trinajstić information content (AvgIpc) is 3.14. The van der Waals surface area contributed by atoms with E-state index in [0.717, 1.165) is 43.4 Å². The molecule has 1 atom stereocenters. The number of amides is 1. The highest BCUT2D eigenvalue weighted by atomic mass is 35.5. The molecule has 0 aliphatic carbocycles. The van der Waals surface area contributed by atoms with Crippen molar-refractivity contribution in [2.24, 2.45) is 0 Å². The predicted molar refractivity (Wildman–Crippen MR) is 152 cm³/mol. The summed E-state index contributed by atoms with van der Waals surface area (Å²) in [5.74, 6) is 0.424. The Labute approximate surface area is 225 Å². The van der Waals surface area contributed by atoms with Crippen molar-refractivity contribution in [2.75, 3.05) is 11.4 Å². The molecule has 1 unspecified atom stereocenters. The molecular formula is C27H27ClN4O2S2. The molecule has 0 saturated carbocycles. The van der Waals surface area contributed by atoms with Crippen LogP contribution in [0.3, 0.4) is 0 Å². The van der Waals surface area contributed by atoms with E-state index in [1.54, 1.807) is 27.6 Å². The van der Waals surface area contributed by atoms with Gasteiger partial charge in [0.05, 0.1) is 17.0 Å². The molecule has 36 heavy (non-hydrogen) atoms. The van der Waals surface area contributed by atoms with Crippen molar-refractivity contribution >= 4 is 63.3 Å². The van der Waals surface area contributed by atoms with Crippen LogP contribution in [0.4, 0.5) is 5.82 Å². The lowest BCUT2D eigenvalue weighted by molar-refractivity contribution is -0.122. The number of rotatable bonds is 5. The van der Waals surface area contributed by atoms with Crippen LogP contribution < -0.4 is 10.5 Å². The summed E-state index contributed by atoms with van der Waals surface area (Å²) in [4.78, 5) is 36.5. The van der Waals surface area contributed by atoms with Crippen LogP contribution in [-0.2, 0) is 11.3 Å². The van der Waals surface area contributed by atoms with Gasteiger partial charge in [-0.1, -0.05) is 66.8 Å². The Morgan fingerprint density at radius 2 is 2.00 bits per heavy atom. The number of carbonyl (C=O) groups excluding carboxylic acids is 1. The van der Waals surface area contributed by atoms with Crippen molar-refractivity contribution in [2.45, 2.75) is 52.1 Å². The number of nitrogens with zero attached hydrogens (tertiary/aromatic N) is 4. The van der Waals surface area contributed by atoms with Crippen LogP contribution in [-0.4, -0.2) is 37.1 Å². The Morgan fingerprint density at radius 1 is 1.19 bits per heavy atom. The number of thioether (sulfide) groups is 1. The molecule has 4 heterocycles. The molecule has 186 valence electrons.